The first-order valence-electron chi connectivity index (χ1n) is 4.82. The number of carbonyl (C=O) groups is 1. The number of rotatable bonds is 3. The molecule has 0 spiro atoms. The summed E-state index contributed by atoms with van der Waals surface area (Å²) in [5.41, 5.74) is -0.0341. The van der Waals surface area contributed by atoms with Gasteiger partial charge in [0.2, 0.25) is 5.95 Å². The summed E-state index contributed by atoms with van der Waals surface area (Å²) < 4.78 is 0. The first-order valence-corrected chi connectivity index (χ1v) is 5.20. The molecule has 0 fully saturated rings. The summed E-state index contributed by atoms with van der Waals surface area (Å²) in [7, 11) is 0. The molecule has 0 saturated heterocycles. The Morgan fingerprint density at radius 3 is 2.83 bits per heavy atom. The summed E-state index contributed by atoms with van der Waals surface area (Å²) in [4.78, 5) is 28.2. The van der Waals surface area contributed by atoms with Gasteiger partial charge in [0.05, 0.1) is 15.5 Å². The first kappa shape index (κ1) is 12.1. The Morgan fingerprint density at radius 1 is 1.50 bits per heavy atom. The number of carbonyl (C=O) groups excluding carboxylic acids is 1. The number of nitro benzene ring substituents is 1. The third kappa shape index (κ3) is 2.46. The van der Waals surface area contributed by atoms with Crippen LogP contribution in [0, 0.1) is 10.1 Å². The number of aromatic nitrogens is 2. The monoisotopic (exact) mass is 266 g/mol. The molecular formula is C10H7ClN4O3. The van der Waals surface area contributed by atoms with Crippen molar-refractivity contribution >= 4 is 29.1 Å². The van der Waals surface area contributed by atoms with Gasteiger partial charge in [-0.2, -0.15) is 0 Å². The Balaban J connectivity index is 2.23. The number of hydrogen-bond donors (Lipinski definition) is 2. The zero-order valence-corrected chi connectivity index (χ0v) is 9.64. The highest BCUT2D eigenvalue weighted by Gasteiger charge is 2.15. The highest BCUT2D eigenvalue weighted by molar-refractivity contribution is 6.34. The number of non-ortho nitro benzene ring substituents is 1. The van der Waals surface area contributed by atoms with Gasteiger partial charge in [-0.3, -0.25) is 20.2 Å². The van der Waals surface area contributed by atoms with Crippen LogP contribution >= 0.6 is 11.6 Å². The molecule has 0 aliphatic heterocycles. The number of H-pyrrole nitrogens is 1. The van der Waals surface area contributed by atoms with Crippen LogP contribution in [-0.4, -0.2) is 20.8 Å². The normalized spacial score (nSPS) is 10.1. The summed E-state index contributed by atoms with van der Waals surface area (Å²) in [6, 6.07) is 3.63. The van der Waals surface area contributed by atoms with E-state index in [2.05, 4.69) is 15.3 Å². The molecule has 2 N–H and O–H groups in total. The highest BCUT2D eigenvalue weighted by atomic mass is 35.5. The van der Waals surface area contributed by atoms with Crippen molar-refractivity contribution in [3.8, 4) is 0 Å². The predicted molar refractivity (Wildman–Crippen MR) is 64.6 cm³/mol. The second-order valence-corrected chi connectivity index (χ2v) is 3.72. The number of aromatic amines is 1. The maximum absolute atomic E-state index is 11.8. The number of benzene rings is 1. The van der Waals surface area contributed by atoms with E-state index in [-0.39, 0.29) is 22.2 Å². The van der Waals surface area contributed by atoms with Crippen molar-refractivity contribution in [2.45, 2.75) is 0 Å². The lowest BCUT2D eigenvalue weighted by molar-refractivity contribution is -0.384. The standard InChI is InChI=1S/C10H7ClN4O3/c11-8-5-6(15(17)18)1-2-7(8)9(16)14-10-12-3-4-13-10/h1-5H,(H2,12,13,14,16). The summed E-state index contributed by atoms with van der Waals surface area (Å²) in [6.45, 7) is 0. The van der Waals surface area contributed by atoms with Crippen LogP contribution in [0.5, 0.6) is 0 Å². The van der Waals surface area contributed by atoms with Crippen LogP contribution in [0.1, 0.15) is 10.4 Å². The fraction of sp³-hybridized carbons (Fsp3) is 0. The molecule has 0 unspecified atom stereocenters. The van der Waals surface area contributed by atoms with Crippen LogP contribution in [0.3, 0.4) is 0 Å². The van der Waals surface area contributed by atoms with Crippen molar-refractivity contribution < 1.29 is 9.72 Å². The number of nitrogens with zero attached hydrogens (tertiary/aromatic N) is 2. The lowest BCUT2D eigenvalue weighted by atomic mass is 10.2. The number of anilines is 1. The van der Waals surface area contributed by atoms with Gasteiger partial charge in [0.1, 0.15) is 0 Å². The highest BCUT2D eigenvalue weighted by Crippen LogP contribution is 2.22. The Labute approximate surface area is 106 Å². The third-order valence-corrected chi connectivity index (χ3v) is 2.45. The average molecular weight is 267 g/mol. The number of nitro groups is 1. The molecule has 0 aliphatic rings. The number of imidazole rings is 1. The van der Waals surface area contributed by atoms with Crippen LogP contribution in [0.2, 0.25) is 5.02 Å². The number of halogens is 1. The molecule has 0 saturated carbocycles. The quantitative estimate of drug-likeness (QED) is 0.657. The van der Waals surface area contributed by atoms with Crippen molar-refractivity contribution in [1.82, 2.24) is 9.97 Å². The van der Waals surface area contributed by atoms with Gasteiger partial charge in [0.25, 0.3) is 11.6 Å². The van der Waals surface area contributed by atoms with Crippen molar-refractivity contribution in [3.05, 3.63) is 51.3 Å². The van der Waals surface area contributed by atoms with E-state index in [1.807, 2.05) is 0 Å². The molecule has 18 heavy (non-hydrogen) atoms. The number of nitrogens with one attached hydrogen (secondary N) is 2. The number of amides is 1. The van der Waals surface area contributed by atoms with Gasteiger partial charge in [-0.15, -0.1) is 0 Å². The van der Waals surface area contributed by atoms with Crippen LogP contribution in [0.4, 0.5) is 11.6 Å². The lowest BCUT2D eigenvalue weighted by Crippen LogP contribution is -2.13. The molecule has 2 aromatic rings. The summed E-state index contributed by atoms with van der Waals surface area (Å²) in [5.74, 6) is -0.223. The van der Waals surface area contributed by atoms with E-state index in [4.69, 9.17) is 11.6 Å². The molecule has 0 radical (unpaired) electrons. The Kier molecular flexibility index (Phi) is 3.24. The maximum atomic E-state index is 11.8. The summed E-state index contributed by atoms with van der Waals surface area (Å²) in [5, 5.41) is 13.0. The van der Waals surface area contributed by atoms with Crippen LogP contribution in [-0.2, 0) is 0 Å². The van der Waals surface area contributed by atoms with E-state index in [1.54, 1.807) is 6.20 Å². The minimum atomic E-state index is -0.583. The average Bonchev–Trinajstić information content (AvgIpc) is 2.81. The van der Waals surface area contributed by atoms with Gasteiger partial charge in [-0.05, 0) is 6.07 Å². The van der Waals surface area contributed by atoms with Gasteiger partial charge >= 0.3 is 0 Å². The van der Waals surface area contributed by atoms with Gasteiger partial charge in [0, 0.05) is 24.5 Å². The zero-order chi connectivity index (χ0) is 13.1. The predicted octanol–water partition coefficient (Wildman–Crippen LogP) is 2.22. The minimum absolute atomic E-state index is 0.00764. The van der Waals surface area contributed by atoms with Gasteiger partial charge in [-0.1, -0.05) is 11.6 Å². The van der Waals surface area contributed by atoms with E-state index >= 15 is 0 Å². The Bertz CT molecular complexity index is 597. The largest absolute Gasteiger partial charge is 0.331 e. The lowest BCUT2D eigenvalue weighted by Gasteiger charge is -2.03. The molecular weight excluding hydrogens is 260 g/mol. The second kappa shape index (κ2) is 4.84. The van der Waals surface area contributed by atoms with E-state index < -0.39 is 10.8 Å². The molecule has 2 rings (SSSR count). The molecule has 0 bridgehead atoms. The third-order valence-electron chi connectivity index (χ3n) is 2.14. The molecule has 92 valence electrons. The van der Waals surface area contributed by atoms with Crippen molar-refractivity contribution in [3.63, 3.8) is 0 Å². The van der Waals surface area contributed by atoms with E-state index in [9.17, 15) is 14.9 Å². The SMILES string of the molecule is O=C(Nc1ncc[nH]1)c1ccc([N+](=O)[O-])cc1Cl. The minimum Gasteiger partial charge on any atom is -0.331 e. The van der Waals surface area contributed by atoms with Gasteiger partial charge < -0.3 is 4.98 Å². The Morgan fingerprint density at radius 2 is 2.28 bits per heavy atom. The van der Waals surface area contributed by atoms with Crippen LogP contribution in [0.25, 0.3) is 0 Å². The summed E-state index contributed by atoms with van der Waals surface area (Å²) >= 11 is 5.81. The second-order valence-electron chi connectivity index (χ2n) is 3.31. The fourth-order valence-corrected chi connectivity index (χ4v) is 1.57. The van der Waals surface area contributed by atoms with Crippen LogP contribution < -0.4 is 5.32 Å². The molecule has 1 amide bonds. The number of hydrogen-bond acceptors (Lipinski definition) is 4. The molecule has 1 heterocycles. The van der Waals surface area contributed by atoms with Crippen molar-refractivity contribution in [2.75, 3.05) is 5.32 Å². The Hall–Kier alpha value is -2.41. The molecule has 1 aromatic heterocycles. The molecule has 1 aromatic carbocycles. The maximum Gasteiger partial charge on any atom is 0.270 e. The van der Waals surface area contributed by atoms with Crippen molar-refractivity contribution in [2.24, 2.45) is 0 Å². The smallest absolute Gasteiger partial charge is 0.270 e. The zero-order valence-electron chi connectivity index (χ0n) is 8.88. The van der Waals surface area contributed by atoms with E-state index in [0.29, 0.717) is 0 Å². The van der Waals surface area contributed by atoms with Gasteiger partial charge in [-0.25, -0.2) is 4.98 Å². The molecule has 0 aliphatic carbocycles. The molecule has 8 heteroatoms. The first-order chi connectivity index (χ1) is 8.58. The molecule has 7 nitrogen and oxygen atoms in total. The topological polar surface area (TPSA) is 101 Å². The van der Waals surface area contributed by atoms with E-state index in [1.165, 1.54) is 18.3 Å². The van der Waals surface area contributed by atoms with Crippen molar-refractivity contribution in [1.29, 1.82) is 0 Å². The molecule has 0 atom stereocenters. The summed E-state index contributed by atoms with van der Waals surface area (Å²) in [6.07, 6.45) is 3.03. The van der Waals surface area contributed by atoms with Crippen LogP contribution in [0.15, 0.2) is 30.6 Å². The van der Waals surface area contributed by atoms with Gasteiger partial charge in [0.15, 0.2) is 0 Å². The van der Waals surface area contributed by atoms with E-state index in [0.717, 1.165) is 6.07 Å². The fourth-order valence-electron chi connectivity index (χ4n) is 1.31.